The van der Waals surface area contributed by atoms with Crippen LogP contribution in [0.2, 0.25) is 0 Å². The van der Waals surface area contributed by atoms with E-state index in [0.29, 0.717) is 0 Å². The van der Waals surface area contributed by atoms with Crippen LogP contribution in [0.25, 0.3) is 0 Å². The molecule has 4 heteroatoms. The molecule has 0 amide bonds. The number of carbonyl (C=O) groups is 1. The van der Waals surface area contributed by atoms with E-state index in [4.69, 9.17) is 8.42 Å². The summed E-state index contributed by atoms with van der Waals surface area (Å²) >= 11 is 0. The van der Waals surface area contributed by atoms with Crippen molar-refractivity contribution >= 4 is 21.9 Å². The number of carbonyl (C=O) groups excluding carboxylic acids is 1. The molecule has 0 saturated carbocycles. The molecule has 0 unspecified atom stereocenters. The SMILES string of the molecule is C=S(=O)=O.CC(=O)c1ccc(C)cc1. The number of hydrogen-bond donors (Lipinski definition) is 0. The molecule has 0 spiro atoms. The minimum atomic E-state index is -2.11. The summed E-state index contributed by atoms with van der Waals surface area (Å²) in [5.74, 6) is 2.68. The lowest BCUT2D eigenvalue weighted by atomic mass is 10.1. The fourth-order valence-electron chi connectivity index (χ4n) is 0.788. The summed E-state index contributed by atoms with van der Waals surface area (Å²) in [6.45, 7) is 3.58. The van der Waals surface area contributed by atoms with Crippen molar-refractivity contribution in [2.75, 3.05) is 0 Å². The summed E-state index contributed by atoms with van der Waals surface area (Å²) in [6.07, 6.45) is 0. The lowest BCUT2D eigenvalue weighted by Crippen LogP contribution is -1.90. The van der Waals surface area contributed by atoms with Crippen LogP contribution in [0, 0.1) is 6.92 Å². The zero-order valence-electron chi connectivity index (χ0n) is 8.15. The molecular weight excluding hydrogens is 200 g/mol. The van der Waals surface area contributed by atoms with E-state index >= 15 is 0 Å². The minimum Gasteiger partial charge on any atom is -0.295 e. The van der Waals surface area contributed by atoms with E-state index in [1.165, 1.54) is 5.56 Å². The second kappa shape index (κ2) is 6.10. The zero-order chi connectivity index (χ0) is 11.1. The molecule has 76 valence electrons. The van der Waals surface area contributed by atoms with Crippen molar-refractivity contribution in [3.8, 4) is 0 Å². The Balaban J connectivity index is 0.000000364. The van der Waals surface area contributed by atoms with E-state index in [1.54, 1.807) is 6.92 Å². The first kappa shape index (κ1) is 12.6. The molecule has 0 heterocycles. The van der Waals surface area contributed by atoms with E-state index in [-0.39, 0.29) is 5.78 Å². The smallest absolute Gasteiger partial charge is 0.206 e. The van der Waals surface area contributed by atoms with E-state index in [1.807, 2.05) is 31.2 Å². The van der Waals surface area contributed by atoms with E-state index in [2.05, 4.69) is 5.87 Å². The van der Waals surface area contributed by atoms with Crippen LogP contribution >= 0.6 is 0 Å². The maximum absolute atomic E-state index is 10.8. The average Bonchev–Trinajstić information content (AvgIpc) is 2.03. The molecule has 0 aliphatic rings. The molecule has 0 aliphatic carbocycles. The van der Waals surface area contributed by atoms with Crippen LogP contribution in [0.15, 0.2) is 24.3 Å². The quantitative estimate of drug-likeness (QED) is 0.523. The zero-order valence-corrected chi connectivity index (χ0v) is 8.97. The highest BCUT2D eigenvalue weighted by Crippen LogP contribution is 2.02. The van der Waals surface area contributed by atoms with Crippen molar-refractivity contribution in [3.05, 3.63) is 35.4 Å². The van der Waals surface area contributed by atoms with Gasteiger partial charge < -0.3 is 0 Å². The Morgan fingerprint density at radius 1 is 1.21 bits per heavy atom. The second-order valence-corrected chi connectivity index (χ2v) is 3.33. The van der Waals surface area contributed by atoms with Gasteiger partial charge in [0, 0.05) is 11.4 Å². The van der Waals surface area contributed by atoms with Crippen LogP contribution in [0.5, 0.6) is 0 Å². The van der Waals surface area contributed by atoms with Crippen LogP contribution in [0.1, 0.15) is 22.8 Å². The number of Topliss-reactive ketones (excluding diaryl/α,β-unsaturated/α-hetero) is 1. The van der Waals surface area contributed by atoms with Crippen LogP contribution in [-0.2, 0) is 10.3 Å². The molecule has 0 bridgehead atoms. The largest absolute Gasteiger partial charge is 0.295 e. The van der Waals surface area contributed by atoms with E-state index in [0.717, 1.165) is 5.56 Å². The van der Waals surface area contributed by atoms with Crippen LogP contribution in [0.3, 0.4) is 0 Å². The van der Waals surface area contributed by atoms with Gasteiger partial charge in [-0.2, -0.15) is 8.42 Å². The van der Waals surface area contributed by atoms with Gasteiger partial charge in [0.2, 0.25) is 10.3 Å². The number of hydrogen-bond acceptors (Lipinski definition) is 3. The molecule has 3 nitrogen and oxygen atoms in total. The first-order chi connectivity index (χ1) is 6.43. The maximum Gasteiger partial charge on any atom is 0.206 e. The predicted octanol–water partition coefficient (Wildman–Crippen LogP) is 1.50. The molecule has 0 radical (unpaired) electrons. The third kappa shape index (κ3) is 6.14. The van der Waals surface area contributed by atoms with Gasteiger partial charge in [-0.3, -0.25) is 4.79 Å². The van der Waals surface area contributed by atoms with Gasteiger partial charge in [0.25, 0.3) is 0 Å². The van der Waals surface area contributed by atoms with Crippen molar-refractivity contribution in [2.24, 2.45) is 0 Å². The molecule has 0 N–H and O–H groups in total. The number of ketones is 1. The monoisotopic (exact) mass is 212 g/mol. The third-order valence-corrected chi connectivity index (χ3v) is 1.46. The molecular formula is C10H12O3S. The summed E-state index contributed by atoms with van der Waals surface area (Å²) in [6, 6.07) is 7.57. The molecule has 0 saturated heterocycles. The van der Waals surface area contributed by atoms with Gasteiger partial charge >= 0.3 is 0 Å². The van der Waals surface area contributed by atoms with Gasteiger partial charge in [0.1, 0.15) is 0 Å². The van der Waals surface area contributed by atoms with E-state index in [9.17, 15) is 4.79 Å². The van der Waals surface area contributed by atoms with E-state index < -0.39 is 10.3 Å². The summed E-state index contributed by atoms with van der Waals surface area (Å²) in [7, 11) is -2.11. The molecule has 1 aromatic carbocycles. The molecule has 0 atom stereocenters. The summed E-state index contributed by atoms with van der Waals surface area (Å²) in [4.78, 5) is 10.8. The van der Waals surface area contributed by atoms with Crippen LogP contribution in [-0.4, -0.2) is 20.1 Å². The molecule has 1 aromatic rings. The standard InChI is InChI=1S/C9H10O.CH2O2S/c1-7-3-5-9(6-4-7)8(2)10;1-4(2)3/h3-6H,1-2H3;1H2. The molecule has 0 aromatic heterocycles. The van der Waals surface area contributed by atoms with Gasteiger partial charge in [-0.05, 0) is 13.8 Å². The lowest BCUT2D eigenvalue weighted by Gasteiger charge is -1.93. The Hall–Kier alpha value is -1.42. The molecule has 1 rings (SSSR count). The molecule has 14 heavy (non-hydrogen) atoms. The van der Waals surface area contributed by atoms with Crippen molar-refractivity contribution < 1.29 is 13.2 Å². The highest BCUT2D eigenvalue weighted by atomic mass is 32.2. The summed E-state index contributed by atoms with van der Waals surface area (Å²) in [5, 5.41) is 0. The van der Waals surface area contributed by atoms with Crippen molar-refractivity contribution in [1.29, 1.82) is 0 Å². The van der Waals surface area contributed by atoms with Crippen molar-refractivity contribution in [2.45, 2.75) is 13.8 Å². The average molecular weight is 212 g/mol. The summed E-state index contributed by atoms with van der Waals surface area (Å²) < 4.78 is 17.8. The lowest BCUT2D eigenvalue weighted by molar-refractivity contribution is 0.101. The predicted molar refractivity (Wildman–Crippen MR) is 57.2 cm³/mol. The first-order valence-electron chi connectivity index (χ1n) is 3.90. The highest BCUT2D eigenvalue weighted by Gasteiger charge is 1.95. The Morgan fingerprint density at radius 2 is 1.57 bits per heavy atom. The van der Waals surface area contributed by atoms with Crippen molar-refractivity contribution in [3.63, 3.8) is 0 Å². The fourth-order valence-corrected chi connectivity index (χ4v) is 0.788. The highest BCUT2D eigenvalue weighted by molar-refractivity contribution is 7.70. The van der Waals surface area contributed by atoms with Gasteiger partial charge in [0.15, 0.2) is 5.78 Å². The molecule has 0 aliphatic heterocycles. The number of aryl methyl sites for hydroxylation is 1. The summed E-state index contributed by atoms with van der Waals surface area (Å²) in [5.41, 5.74) is 1.97. The Labute approximate surface area is 84.9 Å². The number of benzene rings is 1. The number of rotatable bonds is 1. The Morgan fingerprint density at radius 3 is 1.86 bits per heavy atom. The van der Waals surface area contributed by atoms with Gasteiger partial charge in [-0.15, -0.1) is 0 Å². The Bertz CT molecular complexity index is 393. The topological polar surface area (TPSA) is 51.2 Å². The van der Waals surface area contributed by atoms with Gasteiger partial charge in [-0.25, -0.2) is 0 Å². The fraction of sp³-hybridized carbons (Fsp3) is 0.200. The van der Waals surface area contributed by atoms with Gasteiger partial charge in [-0.1, -0.05) is 29.8 Å². The molecule has 0 fully saturated rings. The van der Waals surface area contributed by atoms with Gasteiger partial charge in [0.05, 0.1) is 0 Å². The Kier molecular flexibility index (Phi) is 5.48. The second-order valence-electron chi connectivity index (χ2n) is 2.73. The normalized spacial score (nSPS) is 8.43. The van der Waals surface area contributed by atoms with Crippen LogP contribution < -0.4 is 0 Å². The maximum atomic E-state index is 10.8. The first-order valence-corrected chi connectivity index (χ1v) is 5.14. The van der Waals surface area contributed by atoms with Crippen LogP contribution in [0.4, 0.5) is 0 Å². The third-order valence-electron chi connectivity index (χ3n) is 1.46. The minimum absolute atomic E-state index is 0.125. The van der Waals surface area contributed by atoms with Crippen molar-refractivity contribution in [1.82, 2.24) is 0 Å².